The van der Waals surface area contributed by atoms with Crippen LogP contribution < -0.4 is 0 Å². The lowest BCUT2D eigenvalue weighted by Gasteiger charge is -2.21. The minimum Gasteiger partial charge on any atom is -0.464 e. The van der Waals surface area contributed by atoms with Crippen molar-refractivity contribution in [2.75, 3.05) is 19.8 Å². The van der Waals surface area contributed by atoms with E-state index >= 15 is 0 Å². The van der Waals surface area contributed by atoms with Gasteiger partial charge in [-0.3, -0.25) is 9.78 Å². The lowest BCUT2D eigenvalue weighted by molar-refractivity contribution is -0.157. The lowest BCUT2D eigenvalue weighted by atomic mass is 10.2. The molecule has 20 heavy (non-hydrogen) atoms. The Morgan fingerprint density at radius 3 is 2.65 bits per heavy atom. The van der Waals surface area contributed by atoms with Gasteiger partial charge in [0.15, 0.2) is 6.04 Å². The zero-order chi connectivity index (χ0) is 15.0. The average Bonchev–Trinajstić information content (AvgIpc) is 2.48. The fourth-order valence-corrected chi connectivity index (χ4v) is 1.43. The SMILES string of the molecule is CCOCC(C(=O)OCC)N(F)C(=O)c1ccccn1. The minimum atomic E-state index is -1.44. The van der Waals surface area contributed by atoms with E-state index in [0.29, 0.717) is 6.61 Å². The summed E-state index contributed by atoms with van der Waals surface area (Å²) in [5, 5.41) is -0.198. The van der Waals surface area contributed by atoms with Gasteiger partial charge in [-0.15, -0.1) is 0 Å². The number of pyridine rings is 1. The Kier molecular flexibility index (Phi) is 6.58. The van der Waals surface area contributed by atoms with E-state index in [-0.39, 0.29) is 24.0 Å². The number of carbonyl (C=O) groups is 2. The van der Waals surface area contributed by atoms with Crippen molar-refractivity contribution in [3.8, 4) is 0 Å². The molecule has 0 aliphatic rings. The Balaban J connectivity index is 2.83. The van der Waals surface area contributed by atoms with Crippen molar-refractivity contribution in [2.24, 2.45) is 0 Å². The van der Waals surface area contributed by atoms with E-state index in [1.54, 1.807) is 26.0 Å². The van der Waals surface area contributed by atoms with Crippen LogP contribution in [-0.2, 0) is 14.3 Å². The van der Waals surface area contributed by atoms with Crippen molar-refractivity contribution >= 4 is 11.9 Å². The average molecular weight is 284 g/mol. The van der Waals surface area contributed by atoms with Gasteiger partial charge in [0, 0.05) is 12.8 Å². The number of esters is 1. The second kappa shape index (κ2) is 8.21. The molecule has 1 rings (SSSR count). The highest BCUT2D eigenvalue weighted by Crippen LogP contribution is 2.10. The van der Waals surface area contributed by atoms with E-state index in [9.17, 15) is 14.1 Å². The number of hydrogen-bond acceptors (Lipinski definition) is 5. The first kappa shape index (κ1) is 16.0. The number of halogens is 1. The van der Waals surface area contributed by atoms with Crippen LogP contribution >= 0.6 is 0 Å². The molecule has 6 nitrogen and oxygen atoms in total. The molecule has 0 saturated carbocycles. The summed E-state index contributed by atoms with van der Waals surface area (Å²) in [5.74, 6) is -1.86. The first-order valence-corrected chi connectivity index (χ1v) is 6.26. The van der Waals surface area contributed by atoms with Crippen molar-refractivity contribution in [1.29, 1.82) is 0 Å². The van der Waals surface area contributed by atoms with Gasteiger partial charge in [0.25, 0.3) is 0 Å². The lowest BCUT2D eigenvalue weighted by Crippen LogP contribution is -2.44. The van der Waals surface area contributed by atoms with Crippen LogP contribution in [-0.4, -0.2) is 47.8 Å². The van der Waals surface area contributed by atoms with Gasteiger partial charge in [-0.2, -0.15) is 5.12 Å². The molecule has 0 aliphatic carbocycles. The van der Waals surface area contributed by atoms with Crippen LogP contribution in [0.3, 0.4) is 0 Å². The molecule has 1 amide bonds. The third kappa shape index (κ3) is 4.27. The fraction of sp³-hybridized carbons (Fsp3) is 0.462. The van der Waals surface area contributed by atoms with Crippen molar-refractivity contribution in [2.45, 2.75) is 19.9 Å². The molecular formula is C13H17FN2O4. The monoisotopic (exact) mass is 284 g/mol. The summed E-state index contributed by atoms with van der Waals surface area (Å²) in [5.41, 5.74) is -0.0965. The third-order valence-electron chi connectivity index (χ3n) is 2.39. The van der Waals surface area contributed by atoms with E-state index in [1.165, 1.54) is 12.3 Å². The number of aromatic nitrogens is 1. The molecule has 7 heteroatoms. The van der Waals surface area contributed by atoms with Gasteiger partial charge >= 0.3 is 11.9 Å². The second-order valence-corrected chi connectivity index (χ2v) is 3.76. The predicted molar refractivity (Wildman–Crippen MR) is 68.4 cm³/mol. The van der Waals surface area contributed by atoms with Gasteiger partial charge in [-0.25, -0.2) is 4.79 Å². The highest BCUT2D eigenvalue weighted by atomic mass is 19.2. The molecule has 1 aromatic rings. The van der Waals surface area contributed by atoms with Crippen LogP contribution in [0.4, 0.5) is 4.48 Å². The summed E-state index contributed by atoms with van der Waals surface area (Å²) in [6.07, 6.45) is 1.36. The smallest absolute Gasteiger partial charge is 0.334 e. The molecule has 1 heterocycles. The maximum absolute atomic E-state index is 14.1. The first-order valence-electron chi connectivity index (χ1n) is 6.26. The molecule has 0 spiro atoms. The molecule has 0 saturated heterocycles. The van der Waals surface area contributed by atoms with Gasteiger partial charge < -0.3 is 9.47 Å². The number of amides is 1. The molecule has 1 aromatic heterocycles. The fourth-order valence-electron chi connectivity index (χ4n) is 1.43. The van der Waals surface area contributed by atoms with Crippen LogP contribution in [0.5, 0.6) is 0 Å². The largest absolute Gasteiger partial charge is 0.464 e. The number of hydrogen-bond donors (Lipinski definition) is 0. The minimum absolute atomic E-state index is 0.0904. The maximum atomic E-state index is 14.1. The number of nitrogens with zero attached hydrogens (tertiary/aromatic N) is 2. The van der Waals surface area contributed by atoms with Gasteiger partial charge in [0.2, 0.25) is 0 Å². The van der Waals surface area contributed by atoms with Gasteiger partial charge in [0.1, 0.15) is 5.69 Å². The van der Waals surface area contributed by atoms with Crippen LogP contribution in [0, 0.1) is 0 Å². The number of rotatable bonds is 7. The Morgan fingerprint density at radius 1 is 1.35 bits per heavy atom. The summed E-state index contributed by atoms with van der Waals surface area (Å²) < 4.78 is 23.9. The molecule has 0 radical (unpaired) electrons. The summed E-state index contributed by atoms with van der Waals surface area (Å²) in [7, 11) is 0. The van der Waals surface area contributed by atoms with E-state index in [4.69, 9.17) is 9.47 Å². The van der Waals surface area contributed by atoms with Crippen molar-refractivity contribution in [3.05, 3.63) is 30.1 Å². The van der Waals surface area contributed by atoms with Gasteiger partial charge in [-0.05, 0) is 26.0 Å². The van der Waals surface area contributed by atoms with Crippen molar-refractivity contribution in [3.63, 3.8) is 0 Å². The summed E-state index contributed by atoms with van der Waals surface area (Å²) in [4.78, 5) is 27.3. The molecule has 110 valence electrons. The Hall–Kier alpha value is -2.02. The molecule has 0 fully saturated rings. The third-order valence-corrected chi connectivity index (χ3v) is 2.39. The maximum Gasteiger partial charge on any atom is 0.334 e. The van der Waals surface area contributed by atoms with Gasteiger partial charge in [0.05, 0.1) is 13.2 Å². The van der Waals surface area contributed by atoms with E-state index in [1.807, 2.05) is 0 Å². The number of carbonyl (C=O) groups excluding carboxylic acids is 2. The zero-order valence-electron chi connectivity index (χ0n) is 11.4. The van der Waals surface area contributed by atoms with Crippen LogP contribution in [0.15, 0.2) is 24.4 Å². The topological polar surface area (TPSA) is 68.7 Å². The second-order valence-electron chi connectivity index (χ2n) is 3.76. The normalized spacial score (nSPS) is 11.8. The predicted octanol–water partition coefficient (Wildman–Crippen LogP) is 1.38. The summed E-state index contributed by atoms with van der Waals surface area (Å²) in [6, 6.07) is 3.07. The highest BCUT2D eigenvalue weighted by Gasteiger charge is 2.33. The molecule has 0 bridgehead atoms. The molecule has 1 unspecified atom stereocenters. The standard InChI is InChI=1S/C13H17FN2O4/c1-3-19-9-11(13(18)20-4-2)16(14)12(17)10-7-5-6-8-15-10/h5-8,11H,3-4,9H2,1-2H3. The van der Waals surface area contributed by atoms with Gasteiger partial charge in [-0.1, -0.05) is 10.5 Å². The van der Waals surface area contributed by atoms with E-state index in [0.717, 1.165) is 0 Å². The Morgan fingerprint density at radius 2 is 2.10 bits per heavy atom. The van der Waals surface area contributed by atoms with Crippen LogP contribution in [0.2, 0.25) is 0 Å². The van der Waals surface area contributed by atoms with E-state index in [2.05, 4.69) is 4.98 Å². The molecule has 0 aromatic carbocycles. The molecule has 0 N–H and O–H groups in total. The first-order chi connectivity index (χ1) is 9.61. The van der Waals surface area contributed by atoms with Crippen molar-refractivity contribution in [1.82, 2.24) is 10.1 Å². The Labute approximate surface area is 116 Å². The summed E-state index contributed by atoms with van der Waals surface area (Å²) >= 11 is 0. The van der Waals surface area contributed by atoms with E-state index < -0.39 is 17.9 Å². The number of ether oxygens (including phenoxy) is 2. The summed E-state index contributed by atoms with van der Waals surface area (Å²) in [6.45, 7) is 3.41. The zero-order valence-corrected chi connectivity index (χ0v) is 11.4. The van der Waals surface area contributed by atoms with Crippen LogP contribution in [0.1, 0.15) is 24.3 Å². The highest BCUT2D eigenvalue weighted by molar-refractivity contribution is 5.94. The van der Waals surface area contributed by atoms with Crippen molar-refractivity contribution < 1.29 is 23.5 Å². The molecule has 0 aliphatic heterocycles. The molecule has 1 atom stereocenters. The Bertz CT molecular complexity index is 441. The van der Waals surface area contributed by atoms with Crippen LogP contribution in [0.25, 0.3) is 0 Å². The molecular weight excluding hydrogens is 267 g/mol. The quantitative estimate of drug-likeness (QED) is 0.559.